The Hall–Kier alpha value is -1.58. The zero-order valence-corrected chi connectivity index (χ0v) is 13.6. The number of hydrogen-bond donors (Lipinski definition) is 0. The molecule has 0 N–H and O–H groups in total. The summed E-state index contributed by atoms with van der Waals surface area (Å²) in [5, 5.41) is -0.187. The Kier molecular flexibility index (Phi) is 3.64. The van der Waals surface area contributed by atoms with Gasteiger partial charge in [-0.25, -0.2) is 0 Å². The van der Waals surface area contributed by atoms with E-state index in [2.05, 4.69) is 0 Å². The van der Waals surface area contributed by atoms with Crippen LogP contribution in [-0.4, -0.2) is 0 Å². The van der Waals surface area contributed by atoms with Crippen LogP contribution < -0.4 is 5.43 Å². The Balaban J connectivity index is 2.41. The highest BCUT2D eigenvalue weighted by atomic mass is 35.5. The first-order valence-corrected chi connectivity index (χ1v) is 8.02. The van der Waals surface area contributed by atoms with Crippen molar-refractivity contribution in [2.45, 2.75) is 26.1 Å². The van der Waals surface area contributed by atoms with Gasteiger partial charge in [0, 0.05) is 21.6 Å². The van der Waals surface area contributed by atoms with E-state index in [9.17, 15) is 4.79 Å². The molecule has 1 unspecified atom stereocenters. The van der Waals surface area contributed by atoms with Crippen LogP contribution in [0.3, 0.4) is 0 Å². The van der Waals surface area contributed by atoms with Crippen molar-refractivity contribution in [1.29, 1.82) is 0 Å². The summed E-state index contributed by atoms with van der Waals surface area (Å²) in [6, 6.07) is 9.70. The van der Waals surface area contributed by atoms with Gasteiger partial charge in [0.1, 0.15) is 10.5 Å². The Morgan fingerprint density at radius 3 is 2.48 bits per heavy atom. The van der Waals surface area contributed by atoms with Crippen LogP contribution >= 0.6 is 22.9 Å². The smallest absolute Gasteiger partial charge is 0.206 e. The molecule has 0 spiro atoms. The molecular weight excluding hydrogens is 304 g/mol. The Bertz CT molecular complexity index is 860. The van der Waals surface area contributed by atoms with E-state index < -0.39 is 0 Å². The van der Waals surface area contributed by atoms with Crippen LogP contribution in [0, 0.1) is 13.8 Å². The van der Waals surface area contributed by atoms with Gasteiger partial charge in [0.05, 0.1) is 5.38 Å². The molecule has 0 fully saturated rings. The fourth-order valence-electron chi connectivity index (χ4n) is 2.57. The highest BCUT2D eigenvalue weighted by Crippen LogP contribution is 2.38. The molecule has 3 aromatic rings. The number of alkyl halides is 1. The quantitative estimate of drug-likeness (QED) is 0.589. The maximum absolute atomic E-state index is 12.6. The third kappa shape index (κ3) is 2.30. The van der Waals surface area contributed by atoms with Gasteiger partial charge < -0.3 is 4.42 Å². The topological polar surface area (TPSA) is 30.2 Å². The predicted molar refractivity (Wildman–Crippen MR) is 89.5 cm³/mol. The molecule has 0 bridgehead atoms. The van der Waals surface area contributed by atoms with Crippen molar-refractivity contribution < 1.29 is 4.42 Å². The minimum absolute atomic E-state index is 0.0340. The highest BCUT2D eigenvalue weighted by Gasteiger charge is 2.21. The molecule has 0 aliphatic heterocycles. The first-order chi connectivity index (χ1) is 10.0. The maximum atomic E-state index is 12.6. The summed E-state index contributed by atoms with van der Waals surface area (Å²) in [5.74, 6) is 0.629. The summed E-state index contributed by atoms with van der Waals surface area (Å²) < 4.78 is 6.76. The largest absolute Gasteiger partial charge is 0.454 e. The summed E-state index contributed by atoms with van der Waals surface area (Å²) in [4.78, 5) is 13.7. The third-order valence-corrected chi connectivity index (χ3v) is 4.93. The average molecular weight is 319 g/mol. The van der Waals surface area contributed by atoms with Crippen molar-refractivity contribution in [2.24, 2.45) is 0 Å². The summed E-state index contributed by atoms with van der Waals surface area (Å²) >= 11 is 7.72. The molecule has 2 aromatic heterocycles. The molecule has 1 atom stereocenters. The van der Waals surface area contributed by atoms with E-state index in [1.54, 1.807) is 0 Å². The van der Waals surface area contributed by atoms with Gasteiger partial charge in [-0.3, -0.25) is 4.79 Å². The van der Waals surface area contributed by atoms with Gasteiger partial charge in [-0.05, 0) is 20.8 Å². The lowest BCUT2D eigenvalue weighted by Gasteiger charge is -2.07. The molecule has 4 heteroatoms. The fourth-order valence-corrected chi connectivity index (χ4v) is 4.07. The Morgan fingerprint density at radius 2 is 1.86 bits per heavy atom. The van der Waals surface area contributed by atoms with Crippen molar-refractivity contribution in [3.05, 3.63) is 56.6 Å². The number of aryl methyl sites for hydroxylation is 1. The first kappa shape index (κ1) is 14.4. The van der Waals surface area contributed by atoms with Crippen LogP contribution in [0.2, 0.25) is 0 Å². The molecule has 108 valence electrons. The number of hydrogen-bond acceptors (Lipinski definition) is 3. The second-order valence-electron chi connectivity index (χ2n) is 5.10. The van der Waals surface area contributed by atoms with Crippen molar-refractivity contribution >= 4 is 33.2 Å². The second-order valence-corrected chi connectivity index (χ2v) is 6.98. The Labute approximate surface area is 132 Å². The average Bonchev–Trinajstić information content (AvgIpc) is 2.80. The van der Waals surface area contributed by atoms with E-state index in [0.717, 1.165) is 16.0 Å². The van der Waals surface area contributed by atoms with Crippen LogP contribution in [-0.2, 0) is 0 Å². The SMILES string of the molecule is Cc1sc2c(=O)c(C)c(-c3ccccc3)oc2c1C(C)Cl. The van der Waals surface area contributed by atoms with E-state index >= 15 is 0 Å². The Morgan fingerprint density at radius 1 is 1.19 bits per heavy atom. The van der Waals surface area contributed by atoms with E-state index in [0.29, 0.717) is 21.6 Å². The van der Waals surface area contributed by atoms with Gasteiger partial charge in [0.2, 0.25) is 5.43 Å². The normalized spacial score (nSPS) is 12.8. The zero-order chi connectivity index (χ0) is 15.1. The van der Waals surface area contributed by atoms with Crippen molar-refractivity contribution in [1.82, 2.24) is 0 Å². The van der Waals surface area contributed by atoms with Gasteiger partial charge in [-0.2, -0.15) is 0 Å². The van der Waals surface area contributed by atoms with E-state index in [-0.39, 0.29) is 10.8 Å². The number of rotatable bonds is 2. The number of fused-ring (bicyclic) bond motifs is 1. The lowest BCUT2D eigenvalue weighted by Crippen LogP contribution is -2.05. The zero-order valence-electron chi connectivity index (χ0n) is 12.1. The molecule has 3 rings (SSSR count). The molecule has 0 saturated heterocycles. The molecule has 2 nitrogen and oxygen atoms in total. The van der Waals surface area contributed by atoms with Crippen LogP contribution in [0.25, 0.3) is 21.6 Å². The molecule has 0 aliphatic rings. The highest BCUT2D eigenvalue weighted by molar-refractivity contribution is 7.19. The minimum atomic E-state index is -0.187. The van der Waals surface area contributed by atoms with Gasteiger partial charge in [0.25, 0.3) is 0 Å². The number of halogens is 1. The third-order valence-electron chi connectivity index (χ3n) is 3.61. The van der Waals surface area contributed by atoms with Crippen molar-refractivity contribution in [3.8, 4) is 11.3 Å². The maximum Gasteiger partial charge on any atom is 0.206 e. The van der Waals surface area contributed by atoms with Crippen LogP contribution in [0.4, 0.5) is 0 Å². The number of thiophene rings is 1. The lowest BCUT2D eigenvalue weighted by atomic mass is 10.1. The molecule has 0 aliphatic carbocycles. The molecule has 0 radical (unpaired) electrons. The first-order valence-electron chi connectivity index (χ1n) is 6.77. The summed E-state index contributed by atoms with van der Waals surface area (Å²) in [6.45, 7) is 5.69. The van der Waals surface area contributed by atoms with Crippen molar-refractivity contribution in [3.63, 3.8) is 0 Å². The molecule has 0 amide bonds. The van der Waals surface area contributed by atoms with Crippen LogP contribution in [0.1, 0.15) is 28.3 Å². The molecule has 21 heavy (non-hydrogen) atoms. The van der Waals surface area contributed by atoms with Crippen molar-refractivity contribution in [2.75, 3.05) is 0 Å². The lowest BCUT2D eigenvalue weighted by molar-refractivity contribution is 0.610. The second kappa shape index (κ2) is 5.32. The van der Waals surface area contributed by atoms with Crippen LogP contribution in [0.15, 0.2) is 39.5 Å². The van der Waals surface area contributed by atoms with Gasteiger partial charge in [-0.1, -0.05) is 30.3 Å². The van der Waals surface area contributed by atoms with Crippen LogP contribution in [0.5, 0.6) is 0 Å². The van der Waals surface area contributed by atoms with E-state index in [1.807, 2.05) is 51.1 Å². The molecule has 1 aromatic carbocycles. The molecule has 0 saturated carbocycles. The number of benzene rings is 1. The van der Waals surface area contributed by atoms with Gasteiger partial charge in [0.15, 0.2) is 5.58 Å². The monoisotopic (exact) mass is 318 g/mol. The van der Waals surface area contributed by atoms with E-state index in [1.165, 1.54) is 11.3 Å². The minimum Gasteiger partial charge on any atom is -0.454 e. The summed E-state index contributed by atoms with van der Waals surface area (Å²) in [6.07, 6.45) is 0. The fraction of sp³-hybridized carbons (Fsp3) is 0.235. The molecular formula is C17H15ClO2S. The van der Waals surface area contributed by atoms with Gasteiger partial charge >= 0.3 is 0 Å². The predicted octanol–water partition coefficient (Wildman–Crippen LogP) is 5.44. The van der Waals surface area contributed by atoms with E-state index in [4.69, 9.17) is 16.0 Å². The standard InChI is InChI=1S/C17H15ClO2S/c1-9-14(19)17-16(13(10(2)18)11(3)21-17)20-15(9)12-7-5-4-6-8-12/h4-8,10H,1-3H3. The van der Waals surface area contributed by atoms with Gasteiger partial charge in [-0.15, -0.1) is 22.9 Å². The summed E-state index contributed by atoms with van der Waals surface area (Å²) in [7, 11) is 0. The molecule has 2 heterocycles. The summed E-state index contributed by atoms with van der Waals surface area (Å²) in [5.41, 5.74) is 3.14.